The first kappa shape index (κ1) is 20.8. The molecule has 2 N–H and O–H groups in total. The van der Waals surface area contributed by atoms with Gasteiger partial charge in [-0.2, -0.15) is 0 Å². The minimum absolute atomic E-state index is 0.0922. The lowest BCUT2D eigenvalue weighted by molar-refractivity contribution is -0.123. The summed E-state index contributed by atoms with van der Waals surface area (Å²) in [5.41, 5.74) is 3.86. The monoisotopic (exact) mass is 451 g/mol. The normalized spacial score (nSPS) is 10.9. The summed E-state index contributed by atoms with van der Waals surface area (Å²) in [5.74, 6) is -0.498. The second kappa shape index (κ2) is 9.22. The smallest absolute Gasteiger partial charge is 0.243 e. The van der Waals surface area contributed by atoms with Crippen molar-refractivity contribution < 1.29 is 9.59 Å². The molecule has 0 aliphatic heterocycles. The predicted octanol–water partition coefficient (Wildman–Crippen LogP) is 5.41. The Labute approximate surface area is 195 Å². The van der Waals surface area contributed by atoms with Gasteiger partial charge in [0.05, 0.1) is 23.2 Å². The summed E-state index contributed by atoms with van der Waals surface area (Å²) in [7, 11) is 0. The van der Waals surface area contributed by atoms with Crippen LogP contribution < -0.4 is 10.6 Å². The van der Waals surface area contributed by atoms with Gasteiger partial charge in [0, 0.05) is 11.1 Å². The summed E-state index contributed by atoms with van der Waals surface area (Å²) in [4.78, 5) is 29.4. The summed E-state index contributed by atoms with van der Waals surface area (Å²) >= 11 is 1.50. The van der Waals surface area contributed by atoms with Crippen molar-refractivity contribution in [1.82, 2.24) is 10.3 Å². The zero-order valence-electron chi connectivity index (χ0n) is 17.7. The van der Waals surface area contributed by atoms with Crippen LogP contribution in [0.3, 0.4) is 0 Å². The van der Waals surface area contributed by atoms with Gasteiger partial charge in [0.15, 0.2) is 0 Å². The molecule has 0 aliphatic carbocycles. The molecule has 6 heteroatoms. The van der Waals surface area contributed by atoms with E-state index in [1.807, 2.05) is 72.8 Å². The largest absolute Gasteiger partial charge is 0.347 e. The Morgan fingerprint density at radius 2 is 1.58 bits per heavy atom. The summed E-state index contributed by atoms with van der Waals surface area (Å²) in [6.45, 7) is -0.0922. The Hall–Kier alpha value is -4.03. The number of hydrogen-bond acceptors (Lipinski definition) is 4. The van der Waals surface area contributed by atoms with Crippen LogP contribution >= 0.6 is 11.3 Å². The van der Waals surface area contributed by atoms with Crippen LogP contribution in [0.5, 0.6) is 0 Å². The zero-order valence-corrected chi connectivity index (χ0v) is 18.6. The van der Waals surface area contributed by atoms with Gasteiger partial charge in [0.1, 0.15) is 5.01 Å². The average Bonchev–Trinajstić information content (AvgIpc) is 3.25. The third kappa shape index (κ3) is 4.76. The summed E-state index contributed by atoms with van der Waals surface area (Å²) < 4.78 is 1.04. The number of fused-ring (bicyclic) bond motifs is 2. The van der Waals surface area contributed by atoms with Gasteiger partial charge in [-0.1, -0.05) is 72.8 Å². The van der Waals surface area contributed by atoms with Crippen molar-refractivity contribution in [2.24, 2.45) is 0 Å². The standard InChI is InChI=1S/C27H21N3O2S/c31-25(28-17-26(32)29-22-12-6-10-19-9-4-5-11-21(19)22)16-27-30-23-14-13-20(15-24(23)33-27)18-7-2-1-3-8-18/h1-15H,16-17H2,(H,28,31)(H,29,32). The number of carbonyl (C=O) groups excluding carboxylic acids is 2. The van der Waals surface area contributed by atoms with Crippen LogP contribution in [0.4, 0.5) is 5.69 Å². The molecule has 33 heavy (non-hydrogen) atoms. The molecular formula is C27H21N3O2S. The van der Waals surface area contributed by atoms with E-state index < -0.39 is 0 Å². The first-order valence-corrected chi connectivity index (χ1v) is 11.5. The van der Waals surface area contributed by atoms with Crippen molar-refractivity contribution in [1.29, 1.82) is 0 Å². The Bertz CT molecular complexity index is 1460. The molecule has 0 atom stereocenters. The number of rotatable bonds is 6. The molecule has 0 aliphatic rings. The minimum Gasteiger partial charge on any atom is -0.347 e. The van der Waals surface area contributed by atoms with E-state index in [4.69, 9.17) is 0 Å². The molecule has 0 bridgehead atoms. The van der Waals surface area contributed by atoms with Crippen molar-refractivity contribution in [2.75, 3.05) is 11.9 Å². The zero-order chi connectivity index (χ0) is 22.6. The number of hydrogen-bond donors (Lipinski definition) is 2. The second-order valence-corrected chi connectivity index (χ2v) is 8.80. The number of benzene rings is 4. The lowest BCUT2D eigenvalue weighted by atomic mass is 10.1. The van der Waals surface area contributed by atoms with Gasteiger partial charge in [-0.3, -0.25) is 9.59 Å². The summed E-state index contributed by atoms with van der Waals surface area (Å²) in [6, 6.07) is 29.9. The molecule has 0 saturated carbocycles. The molecule has 2 amide bonds. The van der Waals surface area contributed by atoms with Gasteiger partial charge in [-0.15, -0.1) is 11.3 Å². The fourth-order valence-electron chi connectivity index (χ4n) is 3.77. The van der Waals surface area contributed by atoms with Crippen LogP contribution in [0.2, 0.25) is 0 Å². The van der Waals surface area contributed by atoms with E-state index in [2.05, 4.69) is 33.8 Å². The van der Waals surface area contributed by atoms with Crippen LogP contribution in [-0.4, -0.2) is 23.3 Å². The van der Waals surface area contributed by atoms with Crippen LogP contribution in [0.1, 0.15) is 5.01 Å². The lowest BCUT2D eigenvalue weighted by Gasteiger charge is -2.09. The van der Waals surface area contributed by atoms with E-state index in [1.54, 1.807) is 0 Å². The molecule has 1 heterocycles. The van der Waals surface area contributed by atoms with Gasteiger partial charge in [-0.25, -0.2) is 4.98 Å². The highest BCUT2D eigenvalue weighted by Crippen LogP contribution is 2.28. The van der Waals surface area contributed by atoms with Crippen molar-refractivity contribution in [3.8, 4) is 11.1 Å². The molecule has 5 nitrogen and oxygen atoms in total. The minimum atomic E-state index is -0.267. The van der Waals surface area contributed by atoms with Crippen molar-refractivity contribution in [2.45, 2.75) is 6.42 Å². The molecule has 0 saturated heterocycles. The van der Waals surface area contributed by atoms with Crippen LogP contribution in [0, 0.1) is 0 Å². The van der Waals surface area contributed by atoms with E-state index in [0.717, 1.165) is 42.8 Å². The topological polar surface area (TPSA) is 71.1 Å². The molecule has 4 aromatic carbocycles. The van der Waals surface area contributed by atoms with Gasteiger partial charge >= 0.3 is 0 Å². The maximum absolute atomic E-state index is 12.4. The molecule has 0 fully saturated rings. The maximum atomic E-state index is 12.4. The van der Waals surface area contributed by atoms with Crippen LogP contribution in [-0.2, 0) is 16.0 Å². The number of anilines is 1. The molecular weight excluding hydrogens is 430 g/mol. The van der Waals surface area contributed by atoms with Crippen molar-refractivity contribution in [3.63, 3.8) is 0 Å². The lowest BCUT2D eigenvalue weighted by Crippen LogP contribution is -2.33. The first-order valence-electron chi connectivity index (χ1n) is 10.6. The number of amides is 2. The number of nitrogens with one attached hydrogen (secondary N) is 2. The highest BCUT2D eigenvalue weighted by atomic mass is 32.1. The molecule has 0 unspecified atom stereocenters. The van der Waals surface area contributed by atoms with E-state index in [-0.39, 0.29) is 24.8 Å². The highest BCUT2D eigenvalue weighted by molar-refractivity contribution is 7.18. The van der Waals surface area contributed by atoms with E-state index in [0.29, 0.717) is 0 Å². The molecule has 1 aromatic heterocycles. The number of aromatic nitrogens is 1. The highest BCUT2D eigenvalue weighted by Gasteiger charge is 2.12. The summed E-state index contributed by atoms with van der Waals surface area (Å²) in [5, 5.41) is 8.31. The molecule has 0 radical (unpaired) electrons. The third-order valence-electron chi connectivity index (χ3n) is 5.36. The SMILES string of the molecule is O=C(Cc1nc2ccc(-c3ccccc3)cc2s1)NCC(=O)Nc1cccc2ccccc12. The van der Waals surface area contributed by atoms with Gasteiger partial charge in [-0.05, 0) is 34.7 Å². The fourth-order valence-corrected chi connectivity index (χ4v) is 4.77. The predicted molar refractivity (Wildman–Crippen MR) is 134 cm³/mol. The van der Waals surface area contributed by atoms with Gasteiger partial charge < -0.3 is 10.6 Å². The first-order chi connectivity index (χ1) is 16.2. The molecule has 162 valence electrons. The van der Waals surface area contributed by atoms with E-state index in [1.165, 1.54) is 11.3 Å². The quantitative estimate of drug-likeness (QED) is 0.362. The maximum Gasteiger partial charge on any atom is 0.243 e. The number of thiazole rings is 1. The summed E-state index contributed by atoms with van der Waals surface area (Å²) in [6.07, 6.45) is 0.140. The average molecular weight is 452 g/mol. The fraction of sp³-hybridized carbons (Fsp3) is 0.0741. The Kier molecular flexibility index (Phi) is 5.83. The van der Waals surface area contributed by atoms with Crippen LogP contribution in [0.15, 0.2) is 91.0 Å². The van der Waals surface area contributed by atoms with Crippen LogP contribution in [0.25, 0.3) is 32.1 Å². The van der Waals surface area contributed by atoms with Crippen molar-refractivity contribution >= 4 is 49.8 Å². The Morgan fingerprint density at radius 1 is 0.788 bits per heavy atom. The molecule has 5 rings (SSSR count). The third-order valence-corrected chi connectivity index (χ3v) is 6.38. The molecule has 5 aromatic rings. The molecule has 0 spiro atoms. The number of carbonyl (C=O) groups is 2. The van der Waals surface area contributed by atoms with E-state index in [9.17, 15) is 9.59 Å². The number of nitrogens with zero attached hydrogens (tertiary/aromatic N) is 1. The second-order valence-electron chi connectivity index (χ2n) is 7.68. The van der Waals surface area contributed by atoms with E-state index >= 15 is 0 Å². The Morgan fingerprint density at radius 3 is 2.45 bits per heavy atom. The van der Waals surface area contributed by atoms with Gasteiger partial charge in [0.2, 0.25) is 11.8 Å². The Balaban J connectivity index is 1.20. The van der Waals surface area contributed by atoms with Gasteiger partial charge in [0.25, 0.3) is 0 Å². The van der Waals surface area contributed by atoms with Crippen molar-refractivity contribution in [3.05, 3.63) is 96.0 Å².